The van der Waals surface area contributed by atoms with Crippen LogP contribution in [0.3, 0.4) is 0 Å². The molecule has 1 saturated carbocycles. The zero-order valence-electron chi connectivity index (χ0n) is 10.8. The van der Waals surface area contributed by atoms with Gasteiger partial charge in [0.2, 0.25) is 5.91 Å². The van der Waals surface area contributed by atoms with E-state index in [2.05, 4.69) is 16.3 Å². The SMILES string of the molecule is N#CC1(C(=O)NC2CCN3CCCC23)CCCC1. The Morgan fingerprint density at radius 2 is 2.00 bits per heavy atom. The molecule has 1 aliphatic carbocycles. The molecule has 0 aromatic carbocycles. The lowest BCUT2D eigenvalue weighted by molar-refractivity contribution is -0.128. The average molecular weight is 247 g/mol. The van der Waals surface area contributed by atoms with E-state index in [4.69, 9.17) is 0 Å². The molecule has 3 aliphatic rings. The van der Waals surface area contributed by atoms with Gasteiger partial charge in [-0.2, -0.15) is 5.26 Å². The fraction of sp³-hybridized carbons (Fsp3) is 0.857. The van der Waals surface area contributed by atoms with Crippen LogP contribution in [0.25, 0.3) is 0 Å². The molecule has 18 heavy (non-hydrogen) atoms. The van der Waals surface area contributed by atoms with Crippen LogP contribution in [0.15, 0.2) is 0 Å². The minimum atomic E-state index is -0.716. The summed E-state index contributed by atoms with van der Waals surface area (Å²) in [5.74, 6) is 0.00116. The van der Waals surface area contributed by atoms with Crippen LogP contribution in [0.5, 0.6) is 0 Å². The van der Waals surface area contributed by atoms with Gasteiger partial charge in [0.1, 0.15) is 5.41 Å². The van der Waals surface area contributed by atoms with Crippen LogP contribution in [0.1, 0.15) is 44.9 Å². The number of hydrogen-bond acceptors (Lipinski definition) is 3. The van der Waals surface area contributed by atoms with Gasteiger partial charge >= 0.3 is 0 Å². The zero-order valence-corrected chi connectivity index (χ0v) is 10.8. The summed E-state index contributed by atoms with van der Waals surface area (Å²) < 4.78 is 0. The number of hydrogen-bond donors (Lipinski definition) is 1. The maximum atomic E-state index is 12.4. The summed E-state index contributed by atoms with van der Waals surface area (Å²) in [6.45, 7) is 2.29. The van der Waals surface area contributed by atoms with Gasteiger partial charge in [0, 0.05) is 18.6 Å². The average Bonchev–Trinajstić information content (AvgIpc) is 3.06. The molecule has 0 bridgehead atoms. The molecule has 98 valence electrons. The second-order valence-electron chi connectivity index (χ2n) is 6.02. The Balaban J connectivity index is 1.66. The van der Waals surface area contributed by atoms with Crippen LogP contribution in [0, 0.1) is 16.7 Å². The first-order valence-electron chi connectivity index (χ1n) is 7.21. The number of nitrogens with zero attached hydrogens (tertiary/aromatic N) is 2. The van der Waals surface area contributed by atoms with Gasteiger partial charge < -0.3 is 5.32 Å². The van der Waals surface area contributed by atoms with Crippen LogP contribution in [-0.4, -0.2) is 36.0 Å². The third-order valence-corrected chi connectivity index (χ3v) is 5.03. The lowest BCUT2D eigenvalue weighted by Crippen LogP contribution is -2.48. The van der Waals surface area contributed by atoms with Crippen molar-refractivity contribution in [1.29, 1.82) is 5.26 Å². The number of carbonyl (C=O) groups excluding carboxylic acids is 1. The molecule has 0 spiro atoms. The van der Waals surface area contributed by atoms with E-state index in [0.717, 1.165) is 38.6 Å². The molecule has 4 nitrogen and oxygen atoms in total. The zero-order chi connectivity index (χ0) is 12.6. The molecular weight excluding hydrogens is 226 g/mol. The molecule has 0 aromatic heterocycles. The predicted octanol–water partition coefficient (Wildman–Crippen LogP) is 1.42. The van der Waals surface area contributed by atoms with E-state index >= 15 is 0 Å². The van der Waals surface area contributed by atoms with Crippen molar-refractivity contribution < 1.29 is 4.79 Å². The highest BCUT2D eigenvalue weighted by atomic mass is 16.2. The van der Waals surface area contributed by atoms with E-state index in [9.17, 15) is 10.1 Å². The van der Waals surface area contributed by atoms with E-state index in [1.165, 1.54) is 19.4 Å². The summed E-state index contributed by atoms with van der Waals surface area (Å²) in [7, 11) is 0. The fourth-order valence-electron chi connectivity index (χ4n) is 3.93. The Labute approximate surface area is 108 Å². The molecular formula is C14H21N3O. The van der Waals surface area contributed by atoms with Crippen molar-refractivity contribution in [3.8, 4) is 6.07 Å². The van der Waals surface area contributed by atoms with Crippen molar-refractivity contribution in [3.05, 3.63) is 0 Å². The van der Waals surface area contributed by atoms with Crippen LogP contribution < -0.4 is 5.32 Å². The molecule has 2 atom stereocenters. The smallest absolute Gasteiger partial charge is 0.240 e. The van der Waals surface area contributed by atoms with Crippen molar-refractivity contribution in [2.75, 3.05) is 13.1 Å². The highest BCUT2D eigenvalue weighted by Crippen LogP contribution is 2.38. The van der Waals surface area contributed by atoms with E-state index in [1.807, 2.05) is 0 Å². The van der Waals surface area contributed by atoms with Crippen LogP contribution in [0.4, 0.5) is 0 Å². The quantitative estimate of drug-likeness (QED) is 0.803. The van der Waals surface area contributed by atoms with E-state index in [-0.39, 0.29) is 11.9 Å². The monoisotopic (exact) mass is 247 g/mol. The van der Waals surface area contributed by atoms with Gasteiger partial charge in [0.25, 0.3) is 0 Å². The molecule has 3 fully saturated rings. The minimum absolute atomic E-state index is 0.00116. The number of amides is 1. The summed E-state index contributed by atoms with van der Waals surface area (Å²) in [4.78, 5) is 14.9. The lowest BCUT2D eigenvalue weighted by Gasteiger charge is -2.26. The Kier molecular flexibility index (Phi) is 3.03. The van der Waals surface area contributed by atoms with Crippen molar-refractivity contribution in [2.24, 2.45) is 5.41 Å². The van der Waals surface area contributed by atoms with Crippen molar-refractivity contribution >= 4 is 5.91 Å². The maximum absolute atomic E-state index is 12.4. The van der Waals surface area contributed by atoms with Crippen LogP contribution in [-0.2, 0) is 4.79 Å². The van der Waals surface area contributed by atoms with Crippen molar-refractivity contribution in [2.45, 2.75) is 57.0 Å². The third kappa shape index (κ3) is 1.81. The summed E-state index contributed by atoms with van der Waals surface area (Å²) >= 11 is 0. The third-order valence-electron chi connectivity index (χ3n) is 5.03. The Morgan fingerprint density at radius 1 is 1.22 bits per heavy atom. The summed E-state index contributed by atoms with van der Waals surface area (Å²) in [5.41, 5.74) is -0.716. The van der Waals surface area contributed by atoms with Gasteiger partial charge in [0.05, 0.1) is 6.07 Å². The van der Waals surface area contributed by atoms with Gasteiger partial charge in [-0.15, -0.1) is 0 Å². The predicted molar refractivity (Wildman–Crippen MR) is 67.7 cm³/mol. The minimum Gasteiger partial charge on any atom is -0.350 e. The molecule has 0 radical (unpaired) electrons. The second-order valence-corrected chi connectivity index (χ2v) is 6.02. The molecule has 3 rings (SSSR count). The van der Waals surface area contributed by atoms with Crippen molar-refractivity contribution in [1.82, 2.24) is 10.2 Å². The van der Waals surface area contributed by atoms with Gasteiger partial charge in [-0.25, -0.2) is 0 Å². The number of fused-ring (bicyclic) bond motifs is 1. The number of nitrogens with one attached hydrogen (secondary N) is 1. The molecule has 2 aliphatic heterocycles. The molecule has 1 amide bonds. The van der Waals surface area contributed by atoms with E-state index < -0.39 is 5.41 Å². The molecule has 4 heteroatoms. The van der Waals surface area contributed by atoms with Crippen molar-refractivity contribution in [3.63, 3.8) is 0 Å². The largest absolute Gasteiger partial charge is 0.350 e. The Bertz CT molecular complexity index is 381. The summed E-state index contributed by atoms with van der Waals surface area (Å²) in [6, 6.07) is 3.10. The van der Waals surface area contributed by atoms with Gasteiger partial charge in [0.15, 0.2) is 0 Å². The van der Waals surface area contributed by atoms with E-state index in [0.29, 0.717) is 6.04 Å². The highest BCUT2D eigenvalue weighted by Gasteiger charge is 2.45. The van der Waals surface area contributed by atoms with Gasteiger partial charge in [-0.1, -0.05) is 12.8 Å². The normalized spacial score (nSPS) is 34.2. The molecule has 2 heterocycles. The van der Waals surface area contributed by atoms with E-state index in [1.54, 1.807) is 0 Å². The molecule has 0 aromatic rings. The molecule has 2 unspecified atom stereocenters. The Hall–Kier alpha value is -1.08. The first kappa shape index (κ1) is 12.0. The first-order valence-corrected chi connectivity index (χ1v) is 7.21. The summed E-state index contributed by atoms with van der Waals surface area (Å²) in [5, 5.41) is 12.5. The lowest BCUT2D eigenvalue weighted by atomic mass is 9.86. The number of rotatable bonds is 2. The fourth-order valence-corrected chi connectivity index (χ4v) is 3.93. The molecule has 2 saturated heterocycles. The molecule has 1 N–H and O–H groups in total. The Morgan fingerprint density at radius 3 is 2.72 bits per heavy atom. The summed E-state index contributed by atoms with van der Waals surface area (Å²) in [6.07, 6.45) is 7.03. The second kappa shape index (κ2) is 4.55. The first-order chi connectivity index (χ1) is 8.75. The van der Waals surface area contributed by atoms with Crippen LogP contribution >= 0.6 is 0 Å². The maximum Gasteiger partial charge on any atom is 0.240 e. The van der Waals surface area contributed by atoms with Gasteiger partial charge in [-0.05, 0) is 38.6 Å². The van der Waals surface area contributed by atoms with Crippen LogP contribution in [0.2, 0.25) is 0 Å². The van der Waals surface area contributed by atoms with Gasteiger partial charge in [-0.3, -0.25) is 9.69 Å². The number of nitriles is 1. The topological polar surface area (TPSA) is 56.1 Å². The highest BCUT2D eigenvalue weighted by molar-refractivity contribution is 5.86. The number of carbonyl (C=O) groups is 1. The standard InChI is InChI=1S/C14H21N3O/c15-10-14(6-1-2-7-14)13(18)16-11-5-9-17-8-3-4-12(11)17/h11-12H,1-9H2,(H,16,18).